The normalized spacial score (nSPS) is 11.7. The lowest BCUT2D eigenvalue weighted by molar-refractivity contribution is 0.742. The summed E-state index contributed by atoms with van der Waals surface area (Å²) in [5.74, 6) is 0.996. The number of rotatable bonds is 2. The zero-order chi connectivity index (χ0) is 12.0. The number of aromatic nitrogens is 3. The molecule has 3 aromatic rings. The number of imidazole rings is 2. The highest BCUT2D eigenvalue weighted by molar-refractivity contribution is 5.80. The summed E-state index contributed by atoms with van der Waals surface area (Å²) in [5, 5.41) is 3.17. The fourth-order valence-corrected chi connectivity index (χ4v) is 2.27. The van der Waals surface area contributed by atoms with Gasteiger partial charge in [-0.15, -0.1) is 0 Å². The van der Waals surface area contributed by atoms with E-state index in [0.717, 1.165) is 17.8 Å². The Kier molecular flexibility index (Phi) is 2.19. The van der Waals surface area contributed by atoms with E-state index in [0.29, 0.717) is 0 Å². The molecule has 0 bridgehead atoms. The van der Waals surface area contributed by atoms with Crippen molar-refractivity contribution in [3.8, 4) is 0 Å². The number of nitrogens with zero attached hydrogens (tertiary/aromatic N) is 3. The van der Waals surface area contributed by atoms with Gasteiger partial charge in [-0.3, -0.25) is 4.40 Å². The molecule has 0 atom stereocenters. The first kappa shape index (κ1) is 10.4. The predicted molar refractivity (Wildman–Crippen MR) is 69.2 cm³/mol. The molecule has 2 heterocycles. The molecule has 17 heavy (non-hydrogen) atoms. The van der Waals surface area contributed by atoms with E-state index in [2.05, 4.69) is 57.6 Å². The molecule has 0 unspecified atom stereocenters. The molecule has 88 valence electrons. The van der Waals surface area contributed by atoms with Crippen LogP contribution in [0.4, 0.5) is 0 Å². The van der Waals surface area contributed by atoms with Gasteiger partial charge in [0.1, 0.15) is 0 Å². The summed E-state index contributed by atoms with van der Waals surface area (Å²) < 4.78 is 4.28. The maximum atomic E-state index is 4.68. The molecule has 1 aromatic carbocycles. The van der Waals surface area contributed by atoms with Gasteiger partial charge in [0.25, 0.3) is 0 Å². The maximum Gasteiger partial charge on any atom is 0.214 e. The van der Waals surface area contributed by atoms with Gasteiger partial charge in [0.15, 0.2) is 0 Å². The highest BCUT2D eigenvalue weighted by atomic mass is 15.2. The molecular formula is C13H16N4. The molecular weight excluding hydrogens is 212 g/mol. The summed E-state index contributed by atoms with van der Waals surface area (Å²) in [6.07, 6.45) is 2.15. The minimum absolute atomic E-state index is 0.854. The van der Waals surface area contributed by atoms with Gasteiger partial charge in [0.05, 0.1) is 16.7 Å². The van der Waals surface area contributed by atoms with Crippen molar-refractivity contribution in [3.63, 3.8) is 0 Å². The van der Waals surface area contributed by atoms with E-state index in [4.69, 9.17) is 0 Å². The molecule has 0 fully saturated rings. The Morgan fingerprint density at radius 3 is 2.94 bits per heavy atom. The van der Waals surface area contributed by atoms with Crippen molar-refractivity contribution in [2.24, 2.45) is 7.05 Å². The Morgan fingerprint density at radius 1 is 1.35 bits per heavy atom. The molecule has 0 aliphatic carbocycles. The number of aryl methyl sites for hydroxylation is 2. The van der Waals surface area contributed by atoms with Crippen molar-refractivity contribution in [1.82, 2.24) is 19.3 Å². The van der Waals surface area contributed by atoms with E-state index in [9.17, 15) is 0 Å². The molecule has 4 nitrogen and oxygen atoms in total. The number of hydrogen-bond acceptors (Lipinski definition) is 2. The topological polar surface area (TPSA) is 34.3 Å². The van der Waals surface area contributed by atoms with Gasteiger partial charge in [-0.2, -0.15) is 0 Å². The van der Waals surface area contributed by atoms with Crippen LogP contribution in [-0.4, -0.2) is 21.0 Å². The van der Waals surface area contributed by atoms with Gasteiger partial charge in [0, 0.05) is 19.8 Å². The van der Waals surface area contributed by atoms with E-state index in [1.165, 1.54) is 16.8 Å². The largest absolute Gasteiger partial charge is 0.316 e. The number of fused-ring (bicyclic) bond motifs is 3. The van der Waals surface area contributed by atoms with Crippen LogP contribution in [0.2, 0.25) is 0 Å². The lowest BCUT2D eigenvalue weighted by atomic mass is 10.2. The van der Waals surface area contributed by atoms with Crippen molar-refractivity contribution < 1.29 is 0 Å². The van der Waals surface area contributed by atoms with Gasteiger partial charge in [-0.1, -0.05) is 6.07 Å². The number of nitrogens with one attached hydrogen (secondary N) is 1. The fourth-order valence-electron chi connectivity index (χ4n) is 2.27. The van der Waals surface area contributed by atoms with E-state index in [1.54, 1.807) is 0 Å². The van der Waals surface area contributed by atoms with Crippen LogP contribution < -0.4 is 5.32 Å². The highest BCUT2D eigenvalue weighted by Crippen LogP contribution is 2.19. The van der Waals surface area contributed by atoms with Crippen molar-refractivity contribution in [2.45, 2.75) is 13.5 Å². The van der Waals surface area contributed by atoms with Crippen LogP contribution >= 0.6 is 0 Å². The molecule has 4 heteroatoms. The Labute approximate surface area is 99.9 Å². The monoisotopic (exact) mass is 228 g/mol. The SMILES string of the molecule is CNCc1cn2c3ccc(C)cc3nc2n1C. The van der Waals surface area contributed by atoms with E-state index in [1.807, 2.05) is 7.05 Å². The molecule has 1 N–H and O–H groups in total. The second kappa shape index (κ2) is 3.60. The summed E-state index contributed by atoms with van der Waals surface area (Å²) >= 11 is 0. The quantitative estimate of drug-likeness (QED) is 0.726. The fraction of sp³-hybridized carbons (Fsp3) is 0.308. The third-order valence-corrected chi connectivity index (χ3v) is 3.19. The van der Waals surface area contributed by atoms with E-state index < -0.39 is 0 Å². The van der Waals surface area contributed by atoms with Gasteiger partial charge >= 0.3 is 0 Å². The van der Waals surface area contributed by atoms with Crippen molar-refractivity contribution >= 4 is 16.8 Å². The second-order valence-corrected chi connectivity index (χ2v) is 4.48. The standard InChI is InChI=1S/C13H16N4/c1-9-4-5-12-11(6-9)15-13-16(3)10(7-14-2)8-17(12)13/h4-6,8,14H,7H2,1-3H3. The zero-order valence-electron chi connectivity index (χ0n) is 10.4. The van der Waals surface area contributed by atoms with Crippen LogP contribution in [0.5, 0.6) is 0 Å². The van der Waals surface area contributed by atoms with Crippen LogP contribution in [0.15, 0.2) is 24.4 Å². The van der Waals surface area contributed by atoms with E-state index in [-0.39, 0.29) is 0 Å². The maximum absolute atomic E-state index is 4.68. The second-order valence-electron chi connectivity index (χ2n) is 4.48. The average molecular weight is 228 g/mol. The Morgan fingerprint density at radius 2 is 2.18 bits per heavy atom. The summed E-state index contributed by atoms with van der Waals surface area (Å²) in [6, 6.07) is 6.38. The van der Waals surface area contributed by atoms with Gasteiger partial charge < -0.3 is 9.88 Å². The molecule has 3 rings (SSSR count). The Hall–Kier alpha value is -1.81. The molecule has 0 saturated carbocycles. The minimum atomic E-state index is 0.854. The average Bonchev–Trinajstić information content (AvgIpc) is 2.78. The summed E-state index contributed by atoms with van der Waals surface area (Å²) in [6.45, 7) is 2.95. The molecule has 0 spiro atoms. The lowest BCUT2D eigenvalue weighted by Gasteiger charge is -1.99. The smallest absolute Gasteiger partial charge is 0.214 e. The lowest BCUT2D eigenvalue weighted by Crippen LogP contribution is -2.08. The number of benzene rings is 1. The van der Waals surface area contributed by atoms with Gasteiger partial charge in [0.2, 0.25) is 5.78 Å². The zero-order valence-corrected chi connectivity index (χ0v) is 10.4. The van der Waals surface area contributed by atoms with Gasteiger partial charge in [-0.25, -0.2) is 4.98 Å². The Bertz CT molecular complexity index is 690. The van der Waals surface area contributed by atoms with Crippen molar-refractivity contribution in [1.29, 1.82) is 0 Å². The van der Waals surface area contributed by atoms with Crippen molar-refractivity contribution in [2.75, 3.05) is 7.05 Å². The summed E-state index contributed by atoms with van der Waals surface area (Å²) in [5.41, 5.74) is 4.71. The first-order valence-corrected chi connectivity index (χ1v) is 5.78. The summed E-state index contributed by atoms with van der Waals surface area (Å²) in [4.78, 5) is 4.68. The van der Waals surface area contributed by atoms with Crippen LogP contribution in [0.25, 0.3) is 16.8 Å². The molecule has 0 aliphatic rings. The Balaban J connectivity index is 2.33. The first-order valence-electron chi connectivity index (χ1n) is 5.78. The third kappa shape index (κ3) is 1.45. The third-order valence-electron chi connectivity index (χ3n) is 3.19. The first-order chi connectivity index (χ1) is 8.20. The van der Waals surface area contributed by atoms with E-state index >= 15 is 0 Å². The van der Waals surface area contributed by atoms with Crippen LogP contribution in [0.3, 0.4) is 0 Å². The highest BCUT2D eigenvalue weighted by Gasteiger charge is 2.10. The van der Waals surface area contributed by atoms with Crippen molar-refractivity contribution in [3.05, 3.63) is 35.7 Å². The predicted octanol–water partition coefficient (Wildman–Crippen LogP) is 1.85. The summed E-state index contributed by atoms with van der Waals surface area (Å²) in [7, 11) is 4.01. The van der Waals surface area contributed by atoms with Crippen LogP contribution in [0.1, 0.15) is 11.3 Å². The molecule has 2 aromatic heterocycles. The number of hydrogen-bond donors (Lipinski definition) is 1. The molecule has 0 saturated heterocycles. The minimum Gasteiger partial charge on any atom is -0.316 e. The van der Waals surface area contributed by atoms with Crippen LogP contribution in [0, 0.1) is 6.92 Å². The van der Waals surface area contributed by atoms with Gasteiger partial charge in [-0.05, 0) is 31.7 Å². The van der Waals surface area contributed by atoms with Crippen LogP contribution in [-0.2, 0) is 13.6 Å². The molecule has 0 aliphatic heterocycles. The molecule has 0 amide bonds. The molecule has 0 radical (unpaired) electrons.